The smallest absolute Gasteiger partial charge is 0.259 e. The Morgan fingerprint density at radius 3 is 3.09 bits per heavy atom. The van der Waals surface area contributed by atoms with E-state index in [4.69, 9.17) is 15.7 Å². The van der Waals surface area contributed by atoms with Crippen LogP contribution in [-0.4, -0.2) is 46.5 Å². The maximum Gasteiger partial charge on any atom is 0.259 e. The van der Waals surface area contributed by atoms with E-state index in [1.54, 1.807) is 13.0 Å². The molecule has 1 atom stereocenters. The number of nitrogens with zero attached hydrogens (tertiary/aromatic N) is 4. The van der Waals surface area contributed by atoms with E-state index in [0.29, 0.717) is 57.4 Å². The second kappa shape index (κ2) is 9.46. The number of primary amides is 1. The molecule has 1 amide bonds. The van der Waals surface area contributed by atoms with Gasteiger partial charge in [-0.2, -0.15) is 5.26 Å². The number of aryl methyl sites for hydroxylation is 1. The van der Waals surface area contributed by atoms with Crippen molar-refractivity contribution in [2.75, 3.05) is 25.0 Å². The lowest BCUT2D eigenvalue weighted by Gasteiger charge is -2.32. The number of piperidine rings is 1. The average Bonchev–Trinajstić information content (AvgIpc) is 3.12. The van der Waals surface area contributed by atoms with Crippen molar-refractivity contribution in [3.05, 3.63) is 40.8 Å². The second-order valence-corrected chi connectivity index (χ2v) is 8.68. The molecule has 1 fully saturated rings. The molecule has 0 unspecified atom stereocenters. The number of carbonyl (C=O) groups is 1. The Kier molecular flexibility index (Phi) is 6.48. The maximum absolute atomic E-state index is 14.1. The first-order valence-electron chi connectivity index (χ1n) is 10.3. The van der Waals surface area contributed by atoms with Crippen molar-refractivity contribution in [3.8, 4) is 11.8 Å². The van der Waals surface area contributed by atoms with Crippen LogP contribution in [0.5, 0.6) is 5.75 Å². The molecule has 1 aliphatic heterocycles. The first-order chi connectivity index (χ1) is 15.5. The van der Waals surface area contributed by atoms with E-state index in [0.717, 1.165) is 19.4 Å². The highest BCUT2D eigenvalue weighted by atomic mass is 32.1. The van der Waals surface area contributed by atoms with Gasteiger partial charge in [0.2, 0.25) is 0 Å². The van der Waals surface area contributed by atoms with Crippen LogP contribution in [-0.2, 0) is 0 Å². The minimum absolute atomic E-state index is 0.112. The Morgan fingerprint density at radius 2 is 2.31 bits per heavy atom. The zero-order valence-corrected chi connectivity index (χ0v) is 18.4. The summed E-state index contributed by atoms with van der Waals surface area (Å²) in [5.41, 5.74) is 6.75. The Labute approximate surface area is 188 Å². The molecule has 2 aromatic heterocycles. The lowest BCUT2D eigenvalue weighted by molar-refractivity contribution is 0.0902. The first kappa shape index (κ1) is 21.9. The van der Waals surface area contributed by atoms with Gasteiger partial charge in [-0.25, -0.2) is 14.4 Å². The Hall–Kier alpha value is -3.29. The Bertz CT molecular complexity index is 1190. The molecule has 8 nitrogen and oxygen atoms in total. The van der Waals surface area contributed by atoms with Crippen LogP contribution >= 0.6 is 11.3 Å². The number of thiophene rings is 1. The van der Waals surface area contributed by atoms with Gasteiger partial charge in [0.1, 0.15) is 34.6 Å². The maximum atomic E-state index is 14.1. The summed E-state index contributed by atoms with van der Waals surface area (Å²) in [5.74, 6) is -0.0438. The molecule has 1 saturated heterocycles. The van der Waals surface area contributed by atoms with Crippen molar-refractivity contribution in [2.45, 2.75) is 32.3 Å². The van der Waals surface area contributed by atoms with Crippen LogP contribution in [0.1, 0.15) is 34.5 Å². The largest absolute Gasteiger partial charge is 0.487 e. The number of nitriles is 1. The molecule has 10 heteroatoms. The van der Waals surface area contributed by atoms with Gasteiger partial charge in [-0.3, -0.25) is 9.69 Å². The van der Waals surface area contributed by atoms with Crippen LogP contribution in [0, 0.1) is 24.1 Å². The van der Waals surface area contributed by atoms with Crippen LogP contribution < -0.4 is 15.8 Å². The van der Waals surface area contributed by atoms with E-state index >= 15 is 0 Å². The molecule has 0 radical (unpaired) electrons. The highest BCUT2D eigenvalue weighted by molar-refractivity contribution is 7.20. The highest BCUT2D eigenvalue weighted by Crippen LogP contribution is 2.36. The molecule has 0 bridgehead atoms. The van der Waals surface area contributed by atoms with Crippen LogP contribution in [0.4, 0.5) is 15.9 Å². The summed E-state index contributed by atoms with van der Waals surface area (Å²) in [6.45, 7) is 4.10. The molecule has 3 aromatic rings. The number of nitrogens with one attached hydrogen (secondary N) is 1. The van der Waals surface area contributed by atoms with Gasteiger partial charge in [-0.1, -0.05) is 0 Å². The van der Waals surface area contributed by atoms with E-state index in [9.17, 15) is 9.18 Å². The van der Waals surface area contributed by atoms with Crippen LogP contribution in [0.2, 0.25) is 0 Å². The Morgan fingerprint density at radius 1 is 1.47 bits per heavy atom. The summed E-state index contributed by atoms with van der Waals surface area (Å²) in [5, 5.41) is 12.8. The van der Waals surface area contributed by atoms with Gasteiger partial charge in [0.15, 0.2) is 0 Å². The first-order valence-corrected chi connectivity index (χ1v) is 11.1. The molecule has 32 heavy (non-hydrogen) atoms. The third-order valence-electron chi connectivity index (χ3n) is 5.44. The molecule has 1 aliphatic rings. The number of hydrogen-bond donors (Lipinski definition) is 2. The third-order valence-corrected chi connectivity index (χ3v) is 6.66. The van der Waals surface area contributed by atoms with Gasteiger partial charge in [-0.15, -0.1) is 11.3 Å². The number of hydrogen-bond acceptors (Lipinski definition) is 8. The molecule has 0 saturated carbocycles. The van der Waals surface area contributed by atoms with Crippen molar-refractivity contribution in [3.63, 3.8) is 0 Å². The average molecular weight is 455 g/mol. The van der Waals surface area contributed by atoms with Crippen molar-refractivity contribution in [2.24, 2.45) is 5.73 Å². The number of halogens is 1. The minimum atomic E-state index is -0.513. The standard InChI is InChI=1S/C22H23FN6O2S/c1-13-18-21(26-12-27-22(18)32-19(13)20(25)30)28-16-6-5-14(23)10-17(16)31-15-4-2-8-29(11-15)9-3-7-24/h5-6,10,12,15H,2-4,8-9,11H2,1H3,(H2,25,30)(H,26,27,28)/t15-/m0/s1. The number of benzene rings is 1. The summed E-state index contributed by atoms with van der Waals surface area (Å²) < 4.78 is 20.3. The molecular weight excluding hydrogens is 431 g/mol. The van der Waals surface area contributed by atoms with E-state index in [1.807, 2.05) is 0 Å². The number of likely N-dealkylation sites (tertiary alicyclic amines) is 1. The topological polar surface area (TPSA) is 117 Å². The third kappa shape index (κ3) is 4.64. The summed E-state index contributed by atoms with van der Waals surface area (Å²) >= 11 is 1.21. The number of anilines is 2. The number of nitrogens with two attached hydrogens (primary N) is 1. The summed E-state index contributed by atoms with van der Waals surface area (Å²) in [7, 11) is 0. The van der Waals surface area contributed by atoms with Crippen LogP contribution in [0.25, 0.3) is 10.2 Å². The molecule has 4 rings (SSSR count). The lowest BCUT2D eigenvalue weighted by Crippen LogP contribution is -2.41. The minimum Gasteiger partial charge on any atom is -0.487 e. The van der Waals surface area contributed by atoms with Gasteiger partial charge in [-0.05, 0) is 44.0 Å². The van der Waals surface area contributed by atoms with E-state index in [-0.39, 0.29) is 6.10 Å². The molecule has 3 N–H and O–H groups in total. The molecule has 3 heterocycles. The van der Waals surface area contributed by atoms with Gasteiger partial charge < -0.3 is 15.8 Å². The molecular formula is C22H23FN6O2S. The highest BCUT2D eigenvalue weighted by Gasteiger charge is 2.23. The number of aromatic nitrogens is 2. The molecule has 0 aliphatic carbocycles. The normalized spacial score (nSPS) is 16.6. The molecule has 0 spiro atoms. The van der Waals surface area contributed by atoms with Gasteiger partial charge in [0.05, 0.1) is 22.0 Å². The number of ether oxygens (including phenoxy) is 1. The Balaban J connectivity index is 1.61. The fourth-order valence-electron chi connectivity index (χ4n) is 3.93. The number of amides is 1. The van der Waals surface area contributed by atoms with E-state index in [1.165, 1.54) is 29.8 Å². The summed E-state index contributed by atoms with van der Waals surface area (Å²) in [6.07, 6.45) is 3.56. The SMILES string of the molecule is Cc1c(C(N)=O)sc2ncnc(Nc3ccc(F)cc3O[C@H]3CCCN(CCC#N)C3)c12. The quantitative estimate of drug-likeness (QED) is 0.558. The number of rotatable bonds is 7. The molecule has 166 valence electrons. The lowest BCUT2D eigenvalue weighted by atomic mass is 10.1. The van der Waals surface area contributed by atoms with Crippen molar-refractivity contribution in [1.82, 2.24) is 14.9 Å². The molecule has 1 aromatic carbocycles. The fraction of sp³-hybridized carbons (Fsp3) is 0.364. The number of carbonyl (C=O) groups excluding carboxylic acids is 1. The zero-order valence-electron chi connectivity index (χ0n) is 17.6. The predicted octanol–water partition coefficient (Wildman–Crippen LogP) is 3.74. The fourth-order valence-corrected chi connectivity index (χ4v) is 4.93. The van der Waals surface area contributed by atoms with Crippen LogP contribution in [0.3, 0.4) is 0 Å². The van der Waals surface area contributed by atoms with Crippen molar-refractivity contribution in [1.29, 1.82) is 5.26 Å². The van der Waals surface area contributed by atoms with Gasteiger partial charge in [0.25, 0.3) is 5.91 Å². The second-order valence-electron chi connectivity index (χ2n) is 7.68. The van der Waals surface area contributed by atoms with E-state index in [2.05, 4.69) is 26.3 Å². The summed E-state index contributed by atoms with van der Waals surface area (Å²) in [6, 6.07) is 6.47. The zero-order chi connectivity index (χ0) is 22.7. The predicted molar refractivity (Wildman–Crippen MR) is 121 cm³/mol. The summed E-state index contributed by atoms with van der Waals surface area (Å²) in [4.78, 5) is 23.6. The monoisotopic (exact) mass is 454 g/mol. The van der Waals surface area contributed by atoms with E-state index < -0.39 is 11.7 Å². The number of fused-ring (bicyclic) bond motifs is 1. The van der Waals surface area contributed by atoms with Crippen molar-refractivity contribution < 1.29 is 13.9 Å². The van der Waals surface area contributed by atoms with Crippen molar-refractivity contribution >= 4 is 39.0 Å². The van der Waals surface area contributed by atoms with Gasteiger partial charge >= 0.3 is 0 Å². The van der Waals surface area contributed by atoms with Gasteiger partial charge in [0, 0.05) is 25.6 Å². The van der Waals surface area contributed by atoms with Crippen LogP contribution in [0.15, 0.2) is 24.5 Å².